The number of hydrogen-bond acceptors (Lipinski definition) is 3. The highest BCUT2D eigenvalue weighted by molar-refractivity contribution is 5.33. The van der Waals surface area contributed by atoms with E-state index in [1.165, 1.54) is 17.7 Å². The minimum absolute atomic E-state index is 0.142. The third-order valence-electron chi connectivity index (χ3n) is 5.28. The minimum Gasteiger partial charge on any atom is -0.489 e. The van der Waals surface area contributed by atoms with Crippen molar-refractivity contribution in [3.05, 3.63) is 76.7 Å². The lowest BCUT2D eigenvalue weighted by Crippen LogP contribution is -2.46. The molecule has 0 unspecified atom stereocenters. The van der Waals surface area contributed by atoms with E-state index in [2.05, 4.69) is 29.7 Å². The van der Waals surface area contributed by atoms with Crippen LogP contribution in [0.3, 0.4) is 0 Å². The Kier molecular flexibility index (Phi) is 4.45. The Morgan fingerprint density at radius 3 is 2.88 bits per heavy atom. The zero-order chi connectivity index (χ0) is 17.2. The van der Waals surface area contributed by atoms with E-state index in [0.29, 0.717) is 18.4 Å². The van der Waals surface area contributed by atoms with Crippen LogP contribution in [-0.2, 0) is 13.1 Å². The summed E-state index contributed by atoms with van der Waals surface area (Å²) in [6, 6.07) is 13.9. The normalized spacial score (nSPS) is 22.2. The number of hydrogen-bond donors (Lipinski definition) is 0. The van der Waals surface area contributed by atoms with Gasteiger partial charge in [0.1, 0.15) is 12.4 Å². The molecule has 1 fully saturated rings. The second kappa shape index (κ2) is 6.89. The molecule has 2 aliphatic rings. The molecule has 0 radical (unpaired) electrons. The van der Waals surface area contributed by atoms with Crippen molar-refractivity contribution in [2.45, 2.75) is 25.4 Å². The molecular formula is C21H24N2O2. The van der Waals surface area contributed by atoms with Gasteiger partial charge in [-0.05, 0) is 24.5 Å². The summed E-state index contributed by atoms with van der Waals surface area (Å²) in [5.74, 6) is 1.94. The van der Waals surface area contributed by atoms with E-state index in [1.54, 1.807) is 12.1 Å². The number of nitrogens with zero attached hydrogens (tertiary/aromatic N) is 2. The van der Waals surface area contributed by atoms with Crippen molar-refractivity contribution in [2.75, 3.05) is 19.7 Å². The molecule has 1 aromatic heterocycles. The summed E-state index contributed by atoms with van der Waals surface area (Å²) in [6.45, 7) is 8.01. The summed E-state index contributed by atoms with van der Waals surface area (Å²) in [4.78, 5) is 14.6. The van der Waals surface area contributed by atoms with Crippen molar-refractivity contribution in [1.82, 2.24) is 9.47 Å². The Balaban J connectivity index is 1.53. The first-order valence-corrected chi connectivity index (χ1v) is 8.98. The zero-order valence-electron chi connectivity index (χ0n) is 14.4. The van der Waals surface area contributed by atoms with E-state index in [0.717, 1.165) is 31.9 Å². The average Bonchev–Trinajstić information content (AvgIpc) is 2.62. The van der Waals surface area contributed by atoms with Gasteiger partial charge in [0.25, 0.3) is 5.56 Å². The summed E-state index contributed by atoms with van der Waals surface area (Å²) in [7, 11) is 0. The molecular weight excluding hydrogens is 312 g/mol. The maximum Gasteiger partial charge on any atom is 0.250 e. The minimum atomic E-state index is 0.142. The molecule has 2 aliphatic heterocycles. The number of aromatic nitrogens is 1. The Morgan fingerprint density at radius 1 is 1.12 bits per heavy atom. The van der Waals surface area contributed by atoms with Crippen LogP contribution in [0, 0.1) is 5.92 Å². The number of pyridine rings is 1. The molecule has 4 nitrogen and oxygen atoms in total. The molecule has 0 amide bonds. The quantitative estimate of drug-likeness (QED) is 0.787. The highest BCUT2D eigenvalue weighted by Crippen LogP contribution is 2.36. The van der Waals surface area contributed by atoms with Crippen LogP contribution in [0.2, 0.25) is 0 Å². The highest BCUT2D eigenvalue weighted by Gasteiger charge is 2.34. The predicted octanol–water partition coefficient (Wildman–Crippen LogP) is 3.03. The fraction of sp³-hybridized carbons (Fsp3) is 0.381. The van der Waals surface area contributed by atoms with Gasteiger partial charge in [0.2, 0.25) is 0 Å². The van der Waals surface area contributed by atoms with E-state index in [1.807, 2.05) is 22.8 Å². The molecule has 4 heteroatoms. The van der Waals surface area contributed by atoms with Gasteiger partial charge in [-0.3, -0.25) is 9.69 Å². The maximum atomic E-state index is 12.1. The van der Waals surface area contributed by atoms with Crippen LogP contribution in [-0.4, -0.2) is 29.2 Å². The Labute approximate surface area is 148 Å². The summed E-state index contributed by atoms with van der Waals surface area (Å²) in [6.07, 6.45) is 2.96. The van der Waals surface area contributed by atoms with E-state index < -0.39 is 0 Å². The van der Waals surface area contributed by atoms with Crippen LogP contribution in [0.25, 0.3) is 0 Å². The van der Waals surface area contributed by atoms with Gasteiger partial charge in [-0.2, -0.15) is 0 Å². The first-order valence-electron chi connectivity index (χ1n) is 8.98. The third kappa shape index (κ3) is 3.27. The van der Waals surface area contributed by atoms with Crippen LogP contribution < -0.4 is 10.3 Å². The van der Waals surface area contributed by atoms with Crippen LogP contribution >= 0.6 is 0 Å². The van der Waals surface area contributed by atoms with Gasteiger partial charge in [0.15, 0.2) is 0 Å². The number of fused-ring (bicyclic) bond motifs is 4. The Bertz CT molecular complexity index is 827. The lowest BCUT2D eigenvalue weighted by atomic mass is 9.83. The summed E-state index contributed by atoms with van der Waals surface area (Å²) < 4.78 is 7.79. The fourth-order valence-corrected chi connectivity index (χ4v) is 4.29. The lowest BCUT2D eigenvalue weighted by molar-refractivity contribution is 0.113. The topological polar surface area (TPSA) is 34.5 Å². The maximum absolute atomic E-state index is 12.1. The first kappa shape index (κ1) is 16.2. The molecule has 1 saturated heterocycles. The number of benzene rings is 1. The van der Waals surface area contributed by atoms with Gasteiger partial charge in [0, 0.05) is 49.4 Å². The van der Waals surface area contributed by atoms with Gasteiger partial charge in [-0.25, -0.2) is 0 Å². The summed E-state index contributed by atoms with van der Waals surface area (Å²) in [5, 5.41) is 0. The molecule has 0 saturated carbocycles. The SMILES string of the molecule is C=CCOc1ccccc1CN1C[C@H]2C[C@@H](C1)c1cccc(=O)n1C2. The summed E-state index contributed by atoms with van der Waals surface area (Å²) >= 11 is 0. The monoisotopic (exact) mass is 336 g/mol. The van der Waals surface area contributed by atoms with Gasteiger partial charge in [0.05, 0.1) is 0 Å². The largest absolute Gasteiger partial charge is 0.489 e. The molecule has 1 aromatic carbocycles. The highest BCUT2D eigenvalue weighted by atomic mass is 16.5. The molecule has 3 heterocycles. The number of piperidine rings is 1. The molecule has 2 aromatic rings. The van der Waals surface area contributed by atoms with E-state index in [9.17, 15) is 4.79 Å². The van der Waals surface area contributed by atoms with Crippen LogP contribution in [0.5, 0.6) is 5.75 Å². The molecule has 0 aliphatic carbocycles. The van der Waals surface area contributed by atoms with Crippen LogP contribution in [0.4, 0.5) is 0 Å². The number of likely N-dealkylation sites (tertiary alicyclic amines) is 1. The van der Waals surface area contributed by atoms with Gasteiger partial charge in [-0.1, -0.05) is 36.9 Å². The predicted molar refractivity (Wildman–Crippen MR) is 99.0 cm³/mol. The molecule has 4 rings (SSSR count). The molecule has 2 bridgehead atoms. The fourth-order valence-electron chi connectivity index (χ4n) is 4.29. The van der Waals surface area contributed by atoms with Crippen LogP contribution in [0.1, 0.15) is 23.6 Å². The number of rotatable bonds is 5. The second-order valence-corrected chi connectivity index (χ2v) is 7.10. The van der Waals surface area contributed by atoms with Gasteiger partial charge >= 0.3 is 0 Å². The standard InChI is InChI=1S/C21H24N2O2/c1-2-10-25-20-8-4-3-6-17(20)14-22-12-16-11-18(15-22)19-7-5-9-21(24)23(19)13-16/h2-9,16,18H,1,10-15H2/t16-,18+/m1/s1. The molecule has 130 valence electrons. The summed E-state index contributed by atoms with van der Waals surface area (Å²) in [5.41, 5.74) is 2.56. The van der Waals surface area contributed by atoms with Crippen LogP contribution in [0.15, 0.2) is 59.9 Å². The first-order chi connectivity index (χ1) is 12.2. The van der Waals surface area contributed by atoms with Crippen molar-refractivity contribution in [3.8, 4) is 5.75 Å². The number of ether oxygens (including phenoxy) is 1. The van der Waals surface area contributed by atoms with E-state index in [-0.39, 0.29) is 5.56 Å². The molecule has 0 spiro atoms. The molecule has 25 heavy (non-hydrogen) atoms. The van der Waals surface area contributed by atoms with Gasteiger partial charge < -0.3 is 9.30 Å². The molecule has 0 N–H and O–H groups in total. The van der Waals surface area contributed by atoms with Crippen molar-refractivity contribution in [1.29, 1.82) is 0 Å². The zero-order valence-corrected chi connectivity index (χ0v) is 14.4. The van der Waals surface area contributed by atoms with Crippen molar-refractivity contribution in [2.24, 2.45) is 5.92 Å². The van der Waals surface area contributed by atoms with Crippen molar-refractivity contribution >= 4 is 0 Å². The smallest absolute Gasteiger partial charge is 0.250 e. The number of para-hydroxylation sites is 1. The molecule has 2 atom stereocenters. The Morgan fingerprint density at radius 2 is 2.00 bits per heavy atom. The second-order valence-electron chi connectivity index (χ2n) is 7.10. The van der Waals surface area contributed by atoms with E-state index >= 15 is 0 Å². The van der Waals surface area contributed by atoms with E-state index in [4.69, 9.17) is 4.74 Å². The van der Waals surface area contributed by atoms with Crippen molar-refractivity contribution < 1.29 is 4.74 Å². The van der Waals surface area contributed by atoms with Crippen molar-refractivity contribution in [3.63, 3.8) is 0 Å². The van der Waals surface area contributed by atoms with Gasteiger partial charge in [-0.15, -0.1) is 0 Å². The third-order valence-corrected chi connectivity index (χ3v) is 5.28. The average molecular weight is 336 g/mol. The lowest BCUT2D eigenvalue weighted by Gasteiger charge is -2.42. The Hall–Kier alpha value is -2.33.